The first-order valence-corrected chi connectivity index (χ1v) is 7.85. The van der Waals surface area contributed by atoms with Crippen LogP contribution in [0.3, 0.4) is 0 Å². The van der Waals surface area contributed by atoms with E-state index in [0.29, 0.717) is 18.6 Å². The molecule has 2 aliphatic heterocycles. The van der Waals surface area contributed by atoms with Crippen molar-refractivity contribution in [3.8, 4) is 0 Å². The van der Waals surface area contributed by atoms with Gasteiger partial charge >= 0.3 is 0 Å². The average molecular weight is 288 g/mol. The third kappa shape index (κ3) is 3.44. The number of likely N-dealkylation sites (tertiary alicyclic amines) is 1. The minimum atomic E-state index is 0.0212. The van der Waals surface area contributed by atoms with Crippen molar-refractivity contribution >= 4 is 5.91 Å². The van der Waals surface area contributed by atoms with E-state index >= 15 is 0 Å². The molecule has 3 atom stereocenters. The Morgan fingerprint density at radius 1 is 1.38 bits per heavy atom. The Hall–Kier alpha value is -1.39. The molecule has 0 bridgehead atoms. The van der Waals surface area contributed by atoms with Gasteiger partial charge in [0.1, 0.15) is 0 Å². The molecule has 0 aromatic heterocycles. The summed E-state index contributed by atoms with van der Waals surface area (Å²) in [4.78, 5) is 14.3. The number of amides is 1. The van der Waals surface area contributed by atoms with Gasteiger partial charge in [-0.05, 0) is 24.3 Å². The van der Waals surface area contributed by atoms with Gasteiger partial charge < -0.3 is 10.1 Å². The van der Waals surface area contributed by atoms with E-state index in [2.05, 4.69) is 40.5 Å². The monoisotopic (exact) mass is 288 g/mol. The lowest BCUT2D eigenvalue weighted by Gasteiger charge is -2.43. The minimum absolute atomic E-state index is 0.0212. The Labute approximate surface area is 126 Å². The molecule has 2 aliphatic rings. The Balaban J connectivity index is 1.59. The maximum atomic E-state index is 11.8. The molecule has 2 heterocycles. The third-order valence-electron chi connectivity index (χ3n) is 4.71. The predicted octanol–water partition coefficient (Wildman–Crippen LogP) is 1.66. The van der Waals surface area contributed by atoms with E-state index in [1.807, 2.05) is 0 Å². The summed E-state index contributed by atoms with van der Waals surface area (Å²) in [5, 5.41) is 2.75. The van der Waals surface area contributed by atoms with Crippen LogP contribution in [0.4, 0.5) is 0 Å². The van der Waals surface area contributed by atoms with Gasteiger partial charge in [0.05, 0.1) is 18.6 Å². The number of carbonyl (C=O) groups excluding carboxylic acids is 1. The van der Waals surface area contributed by atoms with E-state index in [4.69, 9.17) is 4.74 Å². The zero-order valence-electron chi connectivity index (χ0n) is 12.6. The van der Waals surface area contributed by atoms with Crippen LogP contribution in [0.15, 0.2) is 30.3 Å². The number of ether oxygens (including phenoxy) is 1. The summed E-state index contributed by atoms with van der Waals surface area (Å²) in [5.74, 6) is 0.625. The molecule has 4 nitrogen and oxygen atoms in total. The smallest absolute Gasteiger partial charge is 0.225 e. The van der Waals surface area contributed by atoms with Crippen molar-refractivity contribution in [3.63, 3.8) is 0 Å². The zero-order valence-corrected chi connectivity index (χ0v) is 12.6. The lowest BCUT2D eigenvalue weighted by atomic mass is 9.83. The summed E-state index contributed by atoms with van der Waals surface area (Å²) in [7, 11) is 1.71. The van der Waals surface area contributed by atoms with Crippen molar-refractivity contribution in [1.82, 2.24) is 10.2 Å². The van der Waals surface area contributed by atoms with Crippen molar-refractivity contribution < 1.29 is 9.53 Å². The highest BCUT2D eigenvalue weighted by molar-refractivity contribution is 5.78. The average Bonchev–Trinajstić information content (AvgIpc) is 2.54. The molecule has 1 N–H and O–H groups in total. The Morgan fingerprint density at radius 2 is 2.19 bits per heavy atom. The van der Waals surface area contributed by atoms with Gasteiger partial charge in [-0.25, -0.2) is 0 Å². The fraction of sp³-hybridized carbons (Fsp3) is 0.588. The van der Waals surface area contributed by atoms with Crippen molar-refractivity contribution in [2.75, 3.05) is 26.7 Å². The number of benzene rings is 1. The van der Waals surface area contributed by atoms with Crippen molar-refractivity contribution in [1.29, 1.82) is 0 Å². The van der Waals surface area contributed by atoms with E-state index in [1.165, 1.54) is 5.56 Å². The second-order valence-corrected chi connectivity index (χ2v) is 6.19. The number of nitrogens with zero attached hydrogens (tertiary/aromatic N) is 1. The zero-order chi connectivity index (χ0) is 14.7. The summed E-state index contributed by atoms with van der Waals surface area (Å²) in [6.07, 6.45) is 2.38. The molecule has 4 heteroatoms. The molecule has 1 aromatic rings. The molecule has 21 heavy (non-hydrogen) atoms. The molecule has 0 aliphatic carbocycles. The summed E-state index contributed by atoms with van der Waals surface area (Å²) < 4.78 is 5.93. The fourth-order valence-electron chi connectivity index (χ4n) is 3.58. The van der Waals surface area contributed by atoms with Gasteiger partial charge in [0.15, 0.2) is 0 Å². The van der Waals surface area contributed by atoms with Crippen LogP contribution in [-0.2, 0) is 16.1 Å². The largest absolute Gasteiger partial charge is 0.377 e. The van der Waals surface area contributed by atoms with Crippen LogP contribution in [-0.4, -0.2) is 43.7 Å². The molecule has 0 saturated carbocycles. The van der Waals surface area contributed by atoms with E-state index in [9.17, 15) is 4.79 Å². The van der Waals surface area contributed by atoms with Gasteiger partial charge in [-0.3, -0.25) is 9.69 Å². The maximum absolute atomic E-state index is 11.8. The molecular formula is C17H24N2O2. The maximum Gasteiger partial charge on any atom is 0.225 e. The first-order valence-electron chi connectivity index (χ1n) is 7.85. The normalized spacial score (nSPS) is 29.7. The van der Waals surface area contributed by atoms with Crippen molar-refractivity contribution in [2.24, 2.45) is 11.8 Å². The second-order valence-electron chi connectivity index (χ2n) is 6.19. The molecular weight excluding hydrogens is 264 g/mol. The first kappa shape index (κ1) is 14.5. The summed E-state index contributed by atoms with van der Waals surface area (Å²) in [6.45, 7) is 3.70. The standard InChI is InChI=1S/C17H24N2O2/c1-18-17(20)15-9-14-11-19(8-7-16(14)21-12-15)10-13-5-3-2-4-6-13/h2-6,14-16H,7-12H2,1H3,(H,18,20)/t14-,15-,16+/m1/s1. The van der Waals surface area contributed by atoms with Gasteiger partial charge in [-0.1, -0.05) is 30.3 Å². The van der Waals surface area contributed by atoms with Crippen LogP contribution >= 0.6 is 0 Å². The predicted molar refractivity (Wildman–Crippen MR) is 81.7 cm³/mol. The fourth-order valence-corrected chi connectivity index (χ4v) is 3.58. The third-order valence-corrected chi connectivity index (χ3v) is 4.71. The Kier molecular flexibility index (Phi) is 4.56. The lowest BCUT2D eigenvalue weighted by Crippen LogP contribution is -2.49. The summed E-state index contributed by atoms with van der Waals surface area (Å²) in [5.41, 5.74) is 1.36. The molecule has 3 rings (SSSR count). The minimum Gasteiger partial charge on any atom is -0.377 e. The van der Waals surface area contributed by atoms with Gasteiger partial charge in [0.2, 0.25) is 5.91 Å². The number of carbonyl (C=O) groups is 1. The Bertz CT molecular complexity index is 477. The molecule has 0 spiro atoms. The summed E-state index contributed by atoms with van der Waals surface area (Å²) in [6, 6.07) is 10.6. The number of hydrogen-bond acceptors (Lipinski definition) is 3. The molecule has 1 aromatic carbocycles. The SMILES string of the molecule is CNC(=O)[C@H]1CO[C@H]2CCN(Cc3ccccc3)C[C@H]2C1. The van der Waals surface area contributed by atoms with E-state index in [1.54, 1.807) is 7.05 Å². The van der Waals surface area contributed by atoms with Crippen LogP contribution in [0, 0.1) is 11.8 Å². The number of piperidine rings is 1. The number of fused-ring (bicyclic) bond motifs is 1. The number of hydrogen-bond donors (Lipinski definition) is 1. The molecule has 1 amide bonds. The van der Waals surface area contributed by atoms with Crippen LogP contribution in [0.2, 0.25) is 0 Å². The van der Waals surface area contributed by atoms with Gasteiger partial charge in [-0.15, -0.1) is 0 Å². The quantitative estimate of drug-likeness (QED) is 0.920. The van der Waals surface area contributed by atoms with Crippen LogP contribution in [0.5, 0.6) is 0 Å². The van der Waals surface area contributed by atoms with Crippen molar-refractivity contribution in [3.05, 3.63) is 35.9 Å². The van der Waals surface area contributed by atoms with E-state index in [-0.39, 0.29) is 11.8 Å². The molecule has 2 fully saturated rings. The number of rotatable bonds is 3. The highest BCUT2D eigenvalue weighted by Gasteiger charge is 2.37. The lowest BCUT2D eigenvalue weighted by molar-refractivity contribution is -0.138. The second kappa shape index (κ2) is 6.58. The highest BCUT2D eigenvalue weighted by atomic mass is 16.5. The van der Waals surface area contributed by atoms with Gasteiger partial charge in [0.25, 0.3) is 0 Å². The molecule has 0 radical (unpaired) electrons. The molecule has 114 valence electrons. The van der Waals surface area contributed by atoms with E-state index < -0.39 is 0 Å². The Morgan fingerprint density at radius 3 is 2.95 bits per heavy atom. The van der Waals surface area contributed by atoms with Gasteiger partial charge in [-0.2, -0.15) is 0 Å². The summed E-state index contributed by atoms with van der Waals surface area (Å²) >= 11 is 0. The van der Waals surface area contributed by atoms with Crippen molar-refractivity contribution in [2.45, 2.75) is 25.5 Å². The van der Waals surface area contributed by atoms with Crippen LogP contribution in [0.1, 0.15) is 18.4 Å². The van der Waals surface area contributed by atoms with Gasteiger partial charge in [0, 0.05) is 26.7 Å². The van der Waals surface area contributed by atoms with Crippen LogP contribution < -0.4 is 5.32 Å². The molecule has 0 unspecified atom stereocenters. The van der Waals surface area contributed by atoms with Crippen LogP contribution in [0.25, 0.3) is 0 Å². The topological polar surface area (TPSA) is 41.6 Å². The first-order chi connectivity index (χ1) is 10.3. The highest BCUT2D eigenvalue weighted by Crippen LogP contribution is 2.31. The molecule has 2 saturated heterocycles. The van der Waals surface area contributed by atoms with E-state index in [0.717, 1.165) is 32.5 Å². The number of nitrogens with one attached hydrogen (secondary N) is 1.